The molecule has 0 unspecified atom stereocenters. The first-order valence-electron chi connectivity index (χ1n) is 5.09. The van der Waals surface area contributed by atoms with Crippen molar-refractivity contribution in [3.8, 4) is 0 Å². The van der Waals surface area contributed by atoms with E-state index in [9.17, 15) is 13.6 Å². The number of carbonyl (C=O) groups excluding carboxylic acids is 1. The average Bonchev–Trinajstić information content (AvgIpc) is 2.20. The minimum atomic E-state index is -0.893. The van der Waals surface area contributed by atoms with Crippen molar-refractivity contribution < 1.29 is 13.6 Å². The second-order valence-electron chi connectivity index (χ2n) is 3.89. The van der Waals surface area contributed by atoms with Crippen molar-refractivity contribution in [3.05, 3.63) is 29.3 Å². The Hall–Kier alpha value is -1.65. The normalized spacial score (nSPS) is 14.8. The number of nitrogens with zero attached hydrogens (tertiary/aromatic N) is 1. The lowest BCUT2D eigenvalue weighted by Gasteiger charge is -2.30. The van der Waals surface area contributed by atoms with Gasteiger partial charge >= 0.3 is 0 Å². The fourth-order valence-corrected chi connectivity index (χ4v) is 2.01. The summed E-state index contributed by atoms with van der Waals surface area (Å²) in [5.74, 6) is -2.22. The molecule has 0 saturated carbocycles. The number of carbonyl (C=O) groups is 1. The molecule has 1 aliphatic heterocycles. The molecule has 1 aliphatic rings. The van der Waals surface area contributed by atoms with E-state index in [1.807, 2.05) is 0 Å². The summed E-state index contributed by atoms with van der Waals surface area (Å²) >= 11 is 0. The van der Waals surface area contributed by atoms with Gasteiger partial charge in [0.2, 0.25) is 5.91 Å². The standard InChI is InChI=1S/C11H12F2N2O/c12-8-4-7-2-1-3-15(6-11(14)16)10(7)5-9(8)13/h4-5H,1-3,6H2,(H2,14,16). The van der Waals surface area contributed by atoms with Crippen molar-refractivity contribution in [2.45, 2.75) is 12.8 Å². The van der Waals surface area contributed by atoms with Gasteiger partial charge in [-0.2, -0.15) is 0 Å². The Morgan fingerprint density at radius 1 is 1.38 bits per heavy atom. The molecular formula is C11H12F2N2O. The maximum Gasteiger partial charge on any atom is 0.236 e. The zero-order chi connectivity index (χ0) is 11.7. The Labute approximate surface area is 91.8 Å². The molecule has 1 amide bonds. The second-order valence-corrected chi connectivity index (χ2v) is 3.89. The lowest BCUT2D eigenvalue weighted by atomic mass is 10.0. The van der Waals surface area contributed by atoms with Crippen LogP contribution in [0, 0.1) is 11.6 Å². The Bertz CT molecular complexity index is 434. The molecular weight excluding hydrogens is 214 g/mol. The monoisotopic (exact) mass is 226 g/mol. The minimum Gasteiger partial charge on any atom is -0.368 e. The Morgan fingerprint density at radius 3 is 2.75 bits per heavy atom. The Kier molecular flexibility index (Phi) is 2.77. The van der Waals surface area contributed by atoms with Crippen LogP contribution in [-0.4, -0.2) is 19.0 Å². The van der Waals surface area contributed by atoms with Gasteiger partial charge in [0, 0.05) is 18.3 Å². The van der Waals surface area contributed by atoms with Gasteiger partial charge in [0.25, 0.3) is 0 Å². The van der Waals surface area contributed by atoms with Gasteiger partial charge in [0.05, 0.1) is 6.54 Å². The SMILES string of the molecule is NC(=O)CN1CCCc2cc(F)c(F)cc21. The van der Waals surface area contributed by atoms with E-state index in [0.717, 1.165) is 18.1 Å². The van der Waals surface area contributed by atoms with Crippen LogP contribution in [0.3, 0.4) is 0 Å². The van der Waals surface area contributed by atoms with Gasteiger partial charge in [-0.15, -0.1) is 0 Å². The molecule has 1 aromatic carbocycles. The molecule has 0 bridgehead atoms. The van der Waals surface area contributed by atoms with Gasteiger partial charge in [-0.3, -0.25) is 4.79 Å². The number of primary amides is 1. The van der Waals surface area contributed by atoms with Crippen molar-refractivity contribution in [3.63, 3.8) is 0 Å². The molecule has 0 saturated heterocycles. The number of nitrogens with two attached hydrogens (primary N) is 1. The molecule has 0 aliphatic carbocycles. The van der Waals surface area contributed by atoms with Crippen molar-refractivity contribution in [1.82, 2.24) is 0 Å². The van der Waals surface area contributed by atoms with E-state index in [1.165, 1.54) is 6.07 Å². The molecule has 0 aromatic heterocycles. The molecule has 0 atom stereocenters. The molecule has 0 spiro atoms. The molecule has 0 fully saturated rings. The molecule has 1 aromatic rings. The lowest BCUT2D eigenvalue weighted by molar-refractivity contribution is -0.116. The highest BCUT2D eigenvalue weighted by Crippen LogP contribution is 2.28. The van der Waals surface area contributed by atoms with E-state index in [0.29, 0.717) is 18.7 Å². The van der Waals surface area contributed by atoms with E-state index in [-0.39, 0.29) is 6.54 Å². The highest BCUT2D eigenvalue weighted by molar-refractivity contribution is 5.80. The average molecular weight is 226 g/mol. The van der Waals surface area contributed by atoms with Gasteiger partial charge in [-0.25, -0.2) is 8.78 Å². The number of rotatable bonds is 2. The number of hydrogen-bond acceptors (Lipinski definition) is 2. The fourth-order valence-electron chi connectivity index (χ4n) is 2.01. The summed E-state index contributed by atoms with van der Waals surface area (Å²) in [5.41, 5.74) is 6.40. The first-order valence-corrected chi connectivity index (χ1v) is 5.09. The van der Waals surface area contributed by atoms with Crippen LogP contribution in [0.4, 0.5) is 14.5 Å². The molecule has 1 heterocycles. The third-order valence-corrected chi connectivity index (χ3v) is 2.68. The van der Waals surface area contributed by atoms with Gasteiger partial charge < -0.3 is 10.6 Å². The van der Waals surface area contributed by atoms with Crippen LogP contribution in [-0.2, 0) is 11.2 Å². The second kappa shape index (κ2) is 4.08. The molecule has 0 radical (unpaired) electrons. The van der Waals surface area contributed by atoms with Gasteiger partial charge in [0.1, 0.15) is 0 Å². The van der Waals surface area contributed by atoms with Gasteiger partial charge in [-0.1, -0.05) is 0 Å². The predicted molar refractivity (Wildman–Crippen MR) is 56.1 cm³/mol. The van der Waals surface area contributed by atoms with Crippen molar-refractivity contribution in [2.24, 2.45) is 5.73 Å². The molecule has 3 nitrogen and oxygen atoms in total. The van der Waals surface area contributed by atoms with E-state index in [1.54, 1.807) is 4.90 Å². The molecule has 2 N–H and O–H groups in total. The summed E-state index contributed by atoms with van der Waals surface area (Å²) in [6.07, 6.45) is 1.51. The topological polar surface area (TPSA) is 46.3 Å². The van der Waals surface area contributed by atoms with Crippen molar-refractivity contribution in [2.75, 3.05) is 18.0 Å². The maximum atomic E-state index is 13.1. The number of hydrogen-bond donors (Lipinski definition) is 1. The van der Waals surface area contributed by atoms with Gasteiger partial charge in [0.15, 0.2) is 11.6 Å². The van der Waals surface area contributed by atoms with E-state index < -0.39 is 17.5 Å². The van der Waals surface area contributed by atoms with E-state index >= 15 is 0 Å². The van der Waals surface area contributed by atoms with Crippen molar-refractivity contribution in [1.29, 1.82) is 0 Å². The fraction of sp³-hybridized carbons (Fsp3) is 0.364. The number of halogens is 2. The number of benzene rings is 1. The highest BCUT2D eigenvalue weighted by Gasteiger charge is 2.20. The quantitative estimate of drug-likeness (QED) is 0.823. The summed E-state index contributed by atoms with van der Waals surface area (Å²) in [5, 5.41) is 0. The molecule has 5 heteroatoms. The lowest BCUT2D eigenvalue weighted by Crippen LogP contribution is -2.37. The summed E-state index contributed by atoms with van der Waals surface area (Å²) in [4.78, 5) is 12.5. The van der Waals surface area contributed by atoms with E-state index in [4.69, 9.17) is 5.73 Å². The van der Waals surface area contributed by atoms with Crippen LogP contribution in [0.5, 0.6) is 0 Å². The van der Waals surface area contributed by atoms with Crippen molar-refractivity contribution >= 4 is 11.6 Å². The molecule has 16 heavy (non-hydrogen) atoms. The summed E-state index contributed by atoms with van der Waals surface area (Å²) in [6, 6.07) is 2.32. The van der Waals surface area contributed by atoms with Crippen LogP contribution in [0.15, 0.2) is 12.1 Å². The molecule has 2 rings (SSSR count). The number of amides is 1. The predicted octanol–water partition coefficient (Wildman–Crippen LogP) is 1.20. The largest absolute Gasteiger partial charge is 0.368 e. The minimum absolute atomic E-state index is 0.0398. The number of fused-ring (bicyclic) bond motifs is 1. The maximum absolute atomic E-state index is 13.1. The van der Waals surface area contributed by atoms with Crippen LogP contribution < -0.4 is 10.6 Å². The Morgan fingerprint density at radius 2 is 2.06 bits per heavy atom. The zero-order valence-electron chi connectivity index (χ0n) is 8.67. The van der Waals surface area contributed by atoms with Crippen LogP contribution in [0.1, 0.15) is 12.0 Å². The third kappa shape index (κ3) is 1.98. The number of aryl methyl sites for hydroxylation is 1. The highest BCUT2D eigenvalue weighted by atomic mass is 19.2. The zero-order valence-corrected chi connectivity index (χ0v) is 8.67. The summed E-state index contributed by atoms with van der Waals surface area (Å²) < 4.78 is 26.1. The van der Waals surface area contributed by atoms with E-state index in [2.05, 4.69) is 0 Å². The van der Waals surface area contributed by atoms with Crippen LogP contribution in [0.25, 0.3) is 0 Å². The third-order valence-electron chi connectivity index (χ3n) is 2.68. The smallest absolute Gasteiger partial charge is 0.236 e. The molecule has 86 valence electrons. The number of anilines is 1. The summed E-state index contributed by atoms with van der Waals surface area (Å²) in [7, 11) is 0. The Balaban J connectivity index is 2.37. The first-order chi connectivity index (χ1) is 7.58. The van der Waals surface area contributed by atoms with Crippen LogP contribution >= 0.6 is 0 Å². The summed E-state index contributed by atoms with van der Waals surface area (Å²) in [6.45, 7) is 0.680. The van der Waals surface area contributed by atoms with Gasteiger partial charge in [-0.05, 0) is 24.5 Å². The van der Waals surface area contributed by atoms with Crippen LogP contribution in [0.2, 0.25) is 0 Å². The first kappa shape index (κ1) is 10.9.